The van der Waals surface area contributed by atoms with Crippen molar-refractivity contribution in [1.29, 1.82) is 0 Å². The molecular weight excluding hydrogens is 442 g/mol. The summed E-state index contributed by atoms with van der Waals surface area (Å²) >= 11 is 3.39. The summed E-state index contributed by atoms with van der Waals surface area (Å²) in [6, 6.07) is 7.23. The first-order valence-corrected chi connectivity index (χ1v) is 11.8. The zero-order valence-electron chi connectivity index (χ0n) is 18.4. The molecule has 0 radical (unpaired) electrons. The Morgan fingerprint density at radius 2 is 1.73 bits per heavy atom. The van der Waals surface area contributed by atoms with Crippen LogP contribution in [0.1, 0.15) is 70.2 Å². The largest absolute Gasteiger partial charge is 0.342 e. The van der Waals surface area contributed by atoms with E-state index in [4.69, 9.17) is 0 Å². The van der Waals surface area contributed by atoms with Gasteiger partial charge in [-0.2, -0.15) is 5.10 Å². The van der Waals surface area contributed by atoms with Crippen LogP contribution in [0.4, 0.5) is 0 Å². The van der Waals surface area contributed by atoms with E-state index < -0.39 is 5.41 Å². The number of carbonyl (C=O) groups excluding carboxylic acids is 2. The molecule has 2 unspecified atom stereocenters. The third-order valence-corrected chi connectivity index (χ3v) is 9.14. The number of fused-ring (bicyclic) bond motifs is 2. The number of halogens is 1. The number of nitrogens with zero attached hydrogens (tertiary/aromatic N) is 2. The molecule has 2 amide bonds. The Morgan fingerprint density at radius 3 is 2.37 bits per heavy atom. The number of amides is 2. The highest BCUT2D eigenvalue weighted by molar-refractivity contribution is 9.10. The molecule has 4 rings (SSSR count). The molecule has 1 aromatic carbocycles. The summed E-state index contributed by atoms with van der Waals surface area (Å²) in [6.45, 7) is 10.7. The highest BCUT2D eigenvalue weighted by Gasteiger charge is 2.72. The number of hydrogen-bond acceptors (Lipinski definition) is 3. The molecule has 2 atom stereocenters. The number of rotatable bonds is 3. The van der Waals surface area contributed by atoms with Crippen LogP contribution in [-0.4, -0.2) is 35.5 Å². The number of hydrazone groups is 1. The smallest absolute Gasteiger partial charge is 0.271 e. The average Bonchev–Trinajstić information content (AvgIpc) is 3.03. The molecule has 2 aliphatic carbocycles. The van der Waals surface area contributed by atoms with Crippen LogP contribution in [0, 0.1) is 22.2 Å². The normalized spacial score (nSPS) is 31.9. The van der Waals surface area contributed by atoms with Crippen molar-refractivity contribution in [3.8, 4) is 0 Å². The van der Waals surface area contributed by atoms with Crippen LogP contribution in [0.5, 0.6) is 0 Å². The van der Waals surface area contributed by atoms with Gasteiger partial charge in [0.2, 0.25) is 5.91 Å². The number of hydrogen-bond donors (Lipinski definition) is 1. The lowest BCUT2D eigenvalue weighted by molar-refractivity contribution is -0.148. The fourth-order valence-electron chi connectivity index (χ4n) is 5.82. The number of likely N-dealkylation sites (tertiary alicyclic amines) is 1. The minimum absolute atomic E-state index is 0.182. The van der Waals surface area contributed by atoms with Gasteiger partial charge in [-0.15, -0.1) is 0 Å². The molecule has 3 fully saturated rings. The van der Waals surface area contributed by atoms with E-state index in [0.29, 0.717) is 23.8 Å². The van der Waals surface area contributed by atoms with Gasteiger partial charge in [-0.25, -0.2) is 5.43 Å². The SMILES string of the molecule is CC1CCN(C(=O)C23CCC(C)(C(=NNC(=O)c4ccc(Br)cc4)C2)C3(C)C)CC1. The summed E-state index contributed by atoms with van der Waals surface area (Å²) in [5, 5.41) is 4.59. The third-order valence-electron chi connectivity index (χ3n) is 8.61. The first-order valence-electron chi connectivity index (χ1n) is 11.0. The van der Waals surface area contributed by atoms with Crippen molar-refractivity contribution in [2.45, 2.75) is 59.8 Å². The third kappa shape index (κ3) is 3.14. The van der Waals surface area contributed by atoms with Crippen molar-refractivity contribution in [1.82, 2.24) is 10.3 Å². The van der Waals surface area contributed by atoms with Crippen LogP contribution in [-0.2, 0) is 4.79 Å². The standard InChI is InChI=1S/C24H32BrN3O2/c1-16-9-13-28(14-10-16)21(30)24-12-11-23(4,22(24,2)3)19(15-24)26-27-20(29)17-5-7-18(25)8-6-17/h5-8,16H,9-15H2,1-4H3,(H,27,29). The molecule has 6 heteroatoms. The van der Waals surface area contributed by atoms with Crippen molar-refractivity contribution < 1.29 is 9.59 Å². The second-order valence-corrected chi connectivity index (χ2v) is 11.1. The van der Waals surface area contributed by atoms with Crippen LogP contribution in [0.15, 0.2) is 33.8 Å². The van der Waals surface area contributed by atoms with Crippen molar-refractivity contribution in [3.05, 3.63) is 34.3 Å². The molecular formula is C24H32BrN3O2. The van der Waals surface area contributed by atoms with Gasteiger partial charge in [0.1, 0.15) is 0 Å². The van der Waals surface area contributed by atoms with E-state index in [2.05, 4.69) is 59.1 Å². The minimum Gasteiger partial charge on any atom is -0.342 e. The molecule has 1 aliphatic heterocycles. The van der Waals surface area contributed by atoms with Crippen molar-refractivity contribution >= 4 is 33.5 Å². The van der Waals surface area contributed by atoms with Gasteiger partial charge in [-0.3, -0.25) is 9.59 Å². The molecule has 162 valence electrons. The van der Waals surface area contributed by atoms with E-state index in [9.17, 15) is 9.59 Å². The second kappa shape index (κ2) is 7.47. The molecule has 3 aliphatic rings. The first-order chi connectivity index (χ1) is 14.1. The maximum atomic E-state index is 13.8. The van der Waals surface area contributed by atoms with Crippen LogP contribution < -0.4 is 5.43 Å². The van der Waals surface area contributed by atoms with Gasteiger partial charge < -0.3 is 4.90 Å². The fraction of sp³-hybridized carbons (Fsp3) is 0.625. The van der Waals surface area contributed by atoms with Crippen molar-refractivity contribution in [2.24, 2.45) is 27.3 Å². The molecule has 2 bridgehead atoms. The van der Waals surface area contributed by atoms with E-state index in [1.165, 1.54) is 0 Å². The first kappa shape index (κ1) is 21.5. The highest BCUT2D eigenvalue weighted by Crippen LogP contribution is 2.71. The maximum absolute atomic E-state index is 13.8. The van der Waals surface area contributed by atoms with Crippen molar-refractivity contribution in [3.63, 3.8) is 0 Å². The molecule has 30 heavy (non-hydrogen) atoms. The van der Waals surface area contributed by atoms with Gasteiger partial charge in [-0.1, -0.05) is 43.6 Å². The summed E-state index contributed by atoms with van der Waals surface area (Å²) in [6.07, 6.45) is 4.65. The summed E-state index contributed by atoms with van der Waals surface area (Å²) in [5.74, 6) is 0.778. The Labute approximate surface area is 187 Å². The molecule has 1 saturated heterocycles. The molecule has 0 aromatic heterocycles. The van der Waals surface area contributed by atoms with Crippen molar-refractivity contribution in [2.75, 3.05) is 13.1 Å². The van der Waals surface area contributed by atoms with Gasteiger partial charge >= 0.3 is 0 Å². The molecule has 5 nitrogen and oxygen atoms in total. The van der Waals surface area contributed by atoms with E-state index >= 15 is 0 Å². The van der Waals surface area contributed by atoms with Gasteiger partial charge in [0, 0.05) is 40.7 Å². The van der Waals surface area contributed by atoms with E-state index in [-0.39, 0.29) is 16.7 Å². The summed E-state index contributed by atoms with van der Waals surface area (Å²) in [4.78, 5) is 28.4. The number of nitrogens with one attached hydrogen (secondary N) is 1. The van der Waals surface area contributed by atoms with E-state index in [0.717, 1.165) is 49.0 Å². The van der Waals surface area contributed by atoms with Gasteiger partial charge in [0.25, 0.3) is 5.91 Å². The predicted molar refractivity (Wildman–Crippen MR) is 122 cm³/mol. The minimum atomic E-state index is -0.413. The summed E-state index contributed by atoms with van der Waals surface area (Å²) in [7, 11) is 0. The Morgan fingerprint density at radius 1 is 1.10 bits per heavy atom. The Balaban J connectivity index is 1.57. The fourth-order valence-corrected chi connectivity index (χ4v) is 6.09. The van der Waals surface area contributed by atoms with Gasteiger partial charge in [-0.05, 0) is 61.3 Å². The lowest BCUT2D eigenvalue weighted by Gasteiger charge is -2.43. The lowest BCUT2D eigenvalue weighted by atomic mass is 9.64. The zero-order chi connectivity index (χ0) is 21.7. The molecule has 2 saturated carbocycles. The molecule has 1 aromatic rings. The molecule has 1 N–H and O–H groups in total. The zero-order valence-corrected chi connectivity index (χ0v) is 20.0. The number of benzene rings is 1. The van der Waals surface area contributed by atoms with Gasteiger partial charge in [0.15, 0.2) is 0 Å². The van der Waals surface area contributed by atoms with E-state index in [1.54, 1.807) is 12.1 Å². The molecule has 0 spiro atoms. The number of carbonyl (C=O) groups is 2. The predicted octanol–water partition coefficient (Wildman–Crippen LogP) is 5.01. The van der Waals surface area contributed by atoms with Crippen LogP contribution >= 0.6 is 15.9 Å². The lowest BCUT2D eigenvalue weighted by Crippen LogP contribution is -2.50. The number of piperidine rings is 1. The second-order valence-electron chi connectivity index (χ2n) is 10.2. The quantitative estimate of drug-likeness (QED) is 0.626. The van der Waals surface area contributed by atoms with Crippen LogP contribution in [0.3, 0.4) is 0 Å². The highest BCUT2D eigenvalue weighted by atomic mass is 79.9. The molecule has 1 heterocycles. The van der Waals surface area contributed by atoms with Crippen LogP contribution in [0.2, 0.25) is 0 Å². The van der Waals surface area contributed by atoms with E-state index in [1.807, 2.05) is 12.1 Å². The Kier molecular flexibility index (Phi) is 5.36. The summed E-state index contributed by atoms with van der Waals surface area (Å²) < 4.78 is 0.931. The topological polar surface area (TPSA) is 61.8 Å². The Hall–Kier alpha value is -1.69. The maximum Gasteiger partial charge on any atom is 0.271 e. The Bertz CT molecular complexity index is 886. The monoisotopic (exact) mass is 473 g/mol. The van der Waals surface area contributed by atoms with Gasteiger partial charge in [0.05, 0.1) is 5.41 Å². The van der Waals surface area contributed by atoms with Crippen LogP contribution in [0.25, 0.3) is 0 Å². The average molecular weight is 474 g/mol. The summed E-state index contributed by atoms with van der Waals surface area (Å²) in [5.41, 5.74) is 3.50.